The van der Waals surface area contributed by atoms with Crippen molar-refractivity contribution in [3.8, 4) is 0 Å². The van der Waals surface area contributed by atoms with Crippen LogP contribution in [0, 0.1) is 6.92 Å². The molecule has 1 saturated heterocycles. The van der Waals surface area contributed by atoms with Crippen LogP contribution in [0.5, 0.6) is 0 Å². The van der Waals surface area contributed by atoms with E-state index in [1.54, 1.807) is 0 Å². The summed E-state index contributed by atoms with van der Waals surface area (Å²) in [7, 11) is 0. The maximum absolute atomic E-state index is 12.4. The highest BCUT2D eigenvalue weighted by atomic mass is 16.2. The van der Waals surface area contributed by atoms with E-state index in [2.05, 4.69) is 39.2 Å². The molecule has 1 N–H and O–H groups in total. The van der Waals surface area contributed by atoms with Gasteiger partial charge in [-0.05, 0) is 45.0 Å². The highest BCUT2D eigenvalue weighted by molar-refractivity contribution is 5.89. The van der Waals surface area contributed by atoms with E-state index in [1.165, 1.54) is 5.56 Å². The molecule has 7 heteroatoms. The number of carbonyl (C=O) groups excluding carboxylic acids is 1. The van der Waals surface area contributed by atoms with E-state index in [4.69, 9.17) is 0 Å². The van der Waals surface area contributed by atoms with Gasteiger partial charge in [0.25, 0.3) is 0 Å². The molecule has 0 unspecified atom stereocenters. The Kier molecular flexibility index (Phi) is 6.11. The number of rotatable bonds is 5. The second-order valence-corrected chi connectivity index (χ2v) is 6.69. The molecule has 0 aliphatic carbocycles. The molecule has 2 aromatic rings. The molecular formula is C20H28N6O. The molecule has 1 aromatic carbocycles. The van der Waals surface area contributed by atoms with Crippen LogP contribution in [-0.2, 0) is 0 Å². The monoisotopic (exact) mass is 368 g/mol. The molecule has 0 saturated carbocycles. The van der Waals surface area contributed by atoms with E-state index in [9.17, 15) is 4.79 Å². The Balaban J connectivity index is 1.53. The van der Waals surface area contributed by atoms with Gasteiger partial charge in [0.2, 0.25) is 0 Å². The van der Waals surface area contributed by atoms with Gasteiger partial charge in [-0.2, -0.15) is 0 Å². The molecule has 27 heavy (non-hydrogen) atoms. The number of anilines is 3. The number of nitrogens with one attached hydrogen (secondary N) is 1. The number of benzene rings is 1. The number of hydrogen-bond acceptors (Lipinski definition) is 5. The van der Waals surface area contributed by atoms with E-state index >= 15 is 0 Å². The lowest BCUT2D eigenvalue weighted by Gasteiger charge is -2.35. The molecule has 7 nitrogen and oxygen atoms in total. The van der Waals surface area contributed by atoms with Crippen molar-refractivity contribution < 1.29 is 4.79 Å². The van der Waals surface area contributed by atoms with Gasteiger partial charge in [-0.25, -0.2) is 4.79 Å². The normalized spacial score (nSPS) is 14.2. The zero-order valence-corrected chi connectivity index (χ0v) is 16.4. The second-order valence-electron chi connectivity index (χ2n) is 6.69. The van der Waals surface area contributed by atoms with Crippen LogP contribution in [0.1, 0.15) is 19.4 Å². The third-order valence-corrected chi connectivity index (χ3v) is 4.92. The number of amides is 2. The van der Waals surface area contributed by atoms with Crippen molar-refractivity contribution in [3.05, 3.63) is 42.0 Å². The van der Waals surface area contributed by atoms with Gasteiger partial charge in [0.15, 0.2) is 11.6 Å². The van der Waals surface area contributed by atoms with Crippen LogP contribution in [0.3, 0.4) is 0 Å². The number of nitrogens with zero attached hydrogens (tertiary/aromatic N) is 5. The van der Waals surface area contributed by atoms with E-state index < -0.39 is 0 Å². The molecule has 144 valence electrons. The van der Waals surface area contributed by atoms with E-state index in [0.29, 0.717) is 13.1 Å². The maximum Gasteiger partial charge on any atom is 0.321 e. The lowest BCUT2D eigenvalue weighted by Crippen LogP contribution is -2.50. The van der Waals surface area contributed by atoms with Crippen LogP contribution >= 0.6 is 0 Å². The zero-order valence-electron chi connectivity index (χ0n) is 16.4. The second kappa shape index (κ2) is 8.70. The Hall–Kier alpha value is -2.83. The van der Waals surface area contributed by atoms with Crippen LogP contribution < -0.4 is 15.1 Å². The van der Waals surface area contributed by atoms with Crippen LogP contribution in [0.15, 0.2) is 36.4 Å². The lowest BCUT2D eigenvalue weighted by atomic mass is 10.2. The third-order valence-electron chi connectivity index (χ3n) is 4.92. The van der Waals surface area contributed by atoms with Gasteiger partial charge >= 0.3 is 6.03 Å². The van der Waals surface area contributed by atoms with Gasteiger partial charge in [0.05, 0.1) is 0 Å². The largest absolute Gasteiger partial charge is 0.356 e. The number of aryl methyl sites for hydroxylation is 1. The topological polar surface area (TPSA) is 64.6 Å². The summed E-state index contributed by atoms with van der Waals surface area (Å²) in [6.45, 7) is 10.9. The minimum absolute atomic E-state index is 0.0542. The van der Waals surface area contributed by atoms with E-state index in [-0.39, 0.29) is 6.03 Å². The minimum Gasteiger partial charge on any atom is -0.356 e. The number of carbonyl (C=O) groups is 1. The van der Waals surface area contributed by atoms with Crippen LogP contribution in [0.4, 0.5) is 22.1 Å². The smallest absolute Gasteiger partial charge is 0.321 e. The first-order chi connectivity index (χ1) is 13.1. The predicted molar refractivity (Wildman–Crippen MR) is 110 cm³/mol. The molecule has 2 heterocycles. The highest BCUT2D eigenvalue weighted by Crippen LogP contribution is 2.17. The van der Waals surface area contributed by atoms with E-state index in [0.717, 1.165) is 43.5 Å². The van der Waals surface area contributed by atoms with Crippen molar-refractivity contribution in [3.63, 3.8) is 0 Å². The van der Waals surface area contributed by atoms with Gasteiger partial charge in [-0.15, -0.1) is 10.2 Å². The number of hydrogen-bond donors (Lipinski definition) is 1. The molecule has 1 aliphatic rings. The zero-order chi connectivity index (χ0) is 19.2. The SMILES string of the molecule is CCN(CC)c1ccc(N2CCN(C(=O)Nc3ccc(C)cc3)CC2)nn1. The maximum atomic E-state index is 12.4. The Morgan fingerprint density at radius 2 is 1.67 bits per heavy atom. The number of aromatic nitrogens is 2. The van der Waals surface area contributed by atoms with Gasteiger partial charge in [0.1, 0.15) is 0 Å². The summed E-state index contributed by atoms with van der Waals surface area (Å²) in [4.78, 5) is 18.6. The molecule has 0 atom stereocenters. The van der Waals surface area contributed by atoms with Gasteiger partial charge in [0, 0.05) is 45.0 Å². The number of piperazine rings is 1. The van der Waals surface area contributed by atoms with Crippen LogP contribution in [0.25, 0.3) is 0 Å². The fraction of sp³-hybridized carbons (Fsp3) is 0.450. The number of urea groups is 1. The first-order valence-electron chi connectivity index (χ1n) is 9.57. The fourth-order valence-corrected chi connectivity index (χ4v) is 3.18. The molecule has 2 amide bonds. The first-order valence-corrected chi connectivity index (χ1v) is 9.57. The average molecular weight is 368 g/mol. The predicted octanol–water partition coefficient (Wildman–Crippen LogP) is 2.99. The Morgan fingerprint density at radius 3 is 2.22 bits per heavy atom. The minimum atomic E-state index is -0.0542. The Labute approximate surface area is 161 Å². The fourth-order valence-electron chi connectivity index (χ4n) is 3.18. The molecule has 0 radical (unpaired) electrons. The Bertz CT molecular complexity index is 734. The molecule has 1 aliphatic heterocycles. The van der Waals surface area contributed by atoms with E-state index in [1.807, 2.05) is 48.2 Å². The van der Waals surface area contributed by atoms with Crippen molar-refractivity contribution in [1.82, 2.24) is 15.1 Å². The van der Waals surface area contributed by atoms with Gasteiger partial charge < -0.3 is 20.0 Å². The molecular weight excluding hydrogens is 340 g/mol. The summed E-state index contributed by atoms with van der Waals surface area (Å²) in [6, 6.07) is 11.8. The standard InChI is InChI=1S/C20H28N6O/c1-4-24(5-2)18-10-11-19(23-22-18)25-12-14-26(15-13-25)20(27)21-17-8-6-16(3)7-9-17/h6-11H,4-5,12-15H2,1-3H3,(H,21,27). The summed E-state index contributed by atoms with van der Waals surface area (Å²) in [6.07, 6.45) is 0. The third kappa shape index (κ3) is 4.67. The van der Waals surface area contributed by atoms with Crippen LogP contribution in [-0.4, -0.2) is 60.4 Å². The van der Waals surface area contributed by atoms with Crippen LogP contribution in [0.2, 0.25) is 0 Å². The van der Waals surface area contributed by atoms with Crippen molar-refractivity contribution in [2.45, 2.75) is 20.8 Å². The molecule has 0 bridgehead atoms. The quantitative estimate of drug-likeness (QED) is 0.879. The summed E-state index contributed by atoms with van der Waals surface area (Å²) in [5.41, 5.74) is 2.00. The van der Waals surface area contributed by atoms with Crippen molar-refractivity contribution in [1.29, 1.82) is 0 Å². The van der Waals surface area contributed by atoms with Gasteiger partial charge in [-0.3, -0.25) is 0 Å². The summed E-state index contributed by atoms with van der Waals surface area (Å²) in [5.74, 6) is 1.77. The molecule has 0 spiro atoms. The van der Waals surface area contributed by atoms with Crippen molar-refractivity contribution in [2.24, 2.45) is 0 Å². The molecule has 1 fully saturated rings. The Morgan fingerprint density at radius 1 is 1.00 bits per heavy atom. The van der Waals surface area contributed by atoms with Crippen molar-refractivity contribution in [2.75, 3.05) is 54.4 Å². The summed E-state index contributed by atoms with van der Waals surface area (Å²) in [5, 5.41) is 11.7. The summed E-state index contributed by atoms with van der Waals surface area (Å²) >= 11 is 0. The highest BCUT2D eigenvalue weighted by Gasteiger charge is 2.22. The average Bonchev–Trinajstić information content (AvgIpc) is 2.71. The first kappa shape index (κ1) is 18.9. The summed E-state index contributed by atoms with van der Waals surface area (Å²) < 4.78 is 0. The lowest BCUT2D eigenvalue weighted by molar-refractivity contribution is 0.208. The molecule has 3 rings (SSSR count). The van der Waals surface area contributed by atoms with Crippen molar-refractivity contribution >= 4 is 23.4 Å². The van der Waals surface area contributed by atoms with Gasteiger partial charge in [-0.1, -0.05) is 17.7 Å². The molecule has 1 aromatic heterocycles.